The summed E-state index contributed by atoms with van der Waals surface area (Å²) in [6.07, 6.45) is -3.66. The number of ether oxygens (including phenoxy) is 5. The average molecular weight is 578 g/mol. The standard InChI is InChI=1S/C35H31NO7/c37-32-26-18-10-11-19-27(26)33(38)36(32)29-31(39-20-23-12-4-1-5-13-23)30-28(22-41-34(43-30)25-16-8-3-9-17-25)42-35(29)40-21-24-14-6-2-7-15-24/h1-19,28-31,34-35H,20-22H2/t28-,29-,30+,31+,34-,35+/m0/s1. The van der Waals surface area contributed by atoms with E-state index in [-0.39, 0.29) is 19.8 Å². The summed E-state index contributed by atoms with van der Waals surface area (Å²) in [7, 11) is 0. The van der Waals surface area contributed by atoms with E-state index >= 15 is 0 Å². The van der Waals surface area contributed by atoms with E-state index in [1.165, 1.54) is 4.90 Å². The third-order valence-corrected chi connectivity index (χ3v) is 8.04. The number of benzene rings is 4. The minimum Gasteiger partial charge on any atom is -0.368 e. The van der Waals surface area contributed by atoms with E-state index in [2.05, 4.69) is 0 Å². The number of hydrogen-bond acceptors (Lipinski definition) is 7. The maximum absolute atomic E-state index is 13.9. The van der Waals surface area contributed by atoms with Crippen LogP contribution in [-0.4, -0.2) is 54.0 Å². The average Bonchev–Trinajstić information content (AvgIpc) is 3.32. The monoisotopic (exact) mass is 577 g/mol. The lowest BCUT2D eigenvalue weighted by Gasteiger charge is -2.50. The molecule has 6 atom stereocenters. The van der Waals surface area contributed by atoms with Crippen molar-refractivity contribution >= 4 is 11.8 Å². The van der Waals surface area contributed by atoms with Crippen molar-refractivity contribution in [3.8, 4) is 0 Å². The Kier molecular flexibility index (Phi) is 7.84. The smallest absolute Gasteiger partial charge is 0.262 e. The lowest BCUT2D eigenvalue weighted by molar-refractivity contribution is -0.355. The fourth-order valence-electron chi connectivity index (χ4n) is 5.94. The van der Waals surface area contributed by atoms with Gasteiger partial charge in [-0.1, -0.05) is 103 Å². The van der Waals surface area contributed by atoms with E-state index in [0.717, 1.165) is 16.7 Å². The van der Waals surface area contributed by atoms with Gasteiger partial charge in [-0.05, 0) is 23.3 Å². The van der Waals surface area contributed by atoms with Gasteiger partial charge in [-0.15, -0.1) is 0 Å². The van der Waals surface area contributed by atoms with Crippen molar-refractivity contribution in [2.45, 2.75) is 50.1 Å². The molecule has 4 aromatic rings. The van der Waals surface area contributed by atoms with Gasteiger partial charge in [0.05, 0.1) is 30.9 Å². The molecule has 0 saturated carbocycles. The molecule has 0 aromatic heterocycles. The molecule has 0 bridgehead atoms. The highest BCUT2D eigenvalue weighted by Crippen LogP contribution is 2.40. The van der Waals surface area contributed by atoms with Crippen LogP contribution < -0.4 is 0 Å². The third kappa shape index (κ3) is 5.51. The molecule has 4 aromatic carbocycles. The number of hydrogen-bond donors (Lipinski definition) is 0. The van der Waals surface area contributed by atoms with Crippen molar-refractivity contribution in [3.05, 3.63) is 143 Å². The van der Waals surface area contributed by atoms with Gasteiger partial charge in [0.1, 0.15) is 24.4 Å². The van der Waals surface area contributed by atoms with Crippen molar-refractivity contribution in [3.63, 3.8) is 0 Å². The molecule has 2 amide bonds. The molecule has 3 aliphatic rings. The molecule has 8 heteroatoms. The van der Waals surface area contributed by atoms with Crippen LogP contribution in [0.4, 0.5) is 0 Å². The molecular weight excluding hydrogens is 546 g/mol. The number of rotatable bonds is 8. The number of imide groups is 1. The molecule has 43 heavy (non-hydrogen) atoms. The first-order valence-electron chi connectivity index (χ1n) is 14.4. The van der Waals surface area contributed by atoms with Gasteiger partial charge in [-0.2, -0.15) is 0 Å². The highest BCUT2D eigenvalue weighted by atomic mass is 16.7. The van der Waals surface area contributed by atoms with Crippen LogP contribution in [0, 0.1) is 0 Å². The van der Waals surface area contributed by atoms with Gasteiger partial charge in [-0.3, -0.25) is 14.5 Å². The number of carbonyl (C=O) groups excluding carboxylic acids is 2. The molecular formula is C35H31NO7. The first kappa shape index (κ1) is 27.6. The van der Waals surface area contributed by atoms with Gasteiger partial charge in [0.25, 0.3) is 11.8 Å². The Bertz CT molecular complexity index is 1530. The van der Waals surface area contributed by atoms with Crippen LogP contribution in [0.1, 0.15) is 43.7 Å². The number of nitrogens with zero attached hydrogens (tertiary/aromatic N) is 1. The SMILES string of the molecule is O=C1c2ccccc2C(=O)N1[C@@H]1[C@H](OCc2ccccc2)O[C@H]2CO[C@H](c3ccccc3)O[C@H]2[C@@H]1OCc1ccccc1. The van der Waals surface area contributed by atoms with Crippen LogP contribution in [0.2, 0.25) is 0 Å². The predicted octanol–water partition coefficient (Wildman–Crippen LogP) is 5.29. The maximum atomic E-state index is 13.9. The van der Waals surface area contributed by atoms with E-state index < -0.39 is 48.7 Å². The second-order valence-corrected chi connectivity index (χ2v) is 10.8. The first-order chi connectivity index (χ1) is 21.2. The zero-order chi connectivity index (χ0) is 29.2. The van der Waals surface area contributed by atoms with Crippen LogP contribution in [-0.2, 0) is 36.9 Å². The molecule has 0 N–H and O–H groups in total. The van der Waals surface area contributed by atoms with Gasteiger partial charge in [-0.25, -0.2) is 0 Å². The van der Waals surface area contributed by atoms with Gasteiger partial charge in [0.2, 0.25) is 0 Å². The Hall–Kier alpha value is -4.18. The Morgan fingerprint density at radius 3 is 1.79 bits per heavy atom. The van der Waals surface area contributed by atoms with E-state index in [1.54, 1.807) is 24.3 Å². The Labute approximate surface area is 249 Å². The summed E-state index contributed by atoms with van der Waals surface area (Å²) in [6.45, 7) is 0.664. The Morgan fingerprint density at radius 2 is 1.19 bits per heavy atom. The second-order valence-electron chi connectivity index (χ2n) is 10.8. The highest BCUT2D eigenvalue weighted by Gasteiger charge is 2.57. The fraction of sp³-hybridized carbons (Fsp3) is 0.257. The maximum Gasteiger partial charge on any atom is 0.262 e. The van der Waals surface area contributed by atoms with Crippen molar-refractivity contribution < 1.29 is 33.3 Å². The van der Waals surface area contributed by atoms with Crippen LogP contribution in [0.3, 0.4) is 0 Å². The van der Waals surface area contributed by atoms with E-state index in [4.69, 9.17) is 23.7 Å². The summed E-state index contributed by atoms with van der Waals surface area (Å²) in [6, 6.07) is 35.0. The molecule has 8 nitrogen and oxygen atoms in total. The lowest BCUT2D eigenvalue weighted by Crippen LogP contribution is -2.68. The summed E-state index contributed by atoms with van der Waals surface area (Å²) in [5.41, 5.74) is 3.40. The molecule has 218 valence electrons. The molecule has 0 spiro atoms. The molecule has 2 saturated heterocycles. The second kappa shape index (κ2) is 12.2. The van der Waals surface area contributed by atoms with Crippen molar-refractivity contribution in [2.75, 3.05) is 6.61 Å². The quantitative estimate of drug-likeness (QED) is 0.263. The number of amides is 2. The lowest BCUT2D eigenvalue weighted by atomic mass is 9.94. The summed E-state index contributed by atoms with van der Waals surface area (Å²) in [4.78, 5) is 29.0. The third-order valence-electron chi connectivity index (χ3n) is 8.04. The summed E-state index contributed by atoms with van der Waals surface area (Å²) in [5, 5.41) is 0. The van der Waals surface area contributed by atoms with E-state index in [1.807, 2.05) is 91.0 Å². The van der Waals surface area contributed by atoms with Crippen molar-refractivity contribution in [1.82, 2.24) is 4.90 Å². The van der Waals surface area contributed by atoms with Gasteiger partial charge in [0, 0.05) is 5.56 Å². The zero-order valence-corrected chi connectivity index (χ0v) is 23.4. The molecule has 0 aliphatic carbocycles. The molecule has 2 fully saturated rings. The van der Waals surface area contributed by atoms with Crippen LogP contribution >= 0.6 is 0 Å². The van der Waals surface area contributed by atoms with Gasteiger partial charge >= 0.3 is 0 Å². The van der Waals surface area contributed by atoms with Gasteiger partial charge in [0.15, 0.2) is 12.6 Å². The minimum atomic E-state index is -0.995. The molecule has 7 rings (SSSR count). The Morgan fingerprint density at radius 1 is 0.651 bits per heavy atom. The fourth-order valence-corrected chi connectivity index (χ4v) is 5.94. The summed E-state index contributed by atoms with van der Waals surface area (Å²) >= 11 is 0. The summed E-state index contributed by atoms with van der Waals surface area (Å²) in [5.74, 6) is -0.832. The molecule has 0 unspecified atom stereocenters. The van der Waals surface area contributed by atoms with Crippen LogP contribution in [0.5, 0.6) is 0 Å². The predicted molar refractivity (Wildman–Crippen MR) is 156 cm³/mol. The normalized spacial score (nSPS) is 26.7. The highest BCUT2D eigenvalue weighted by molar-refractivity contribution is 6.21. The van der Waals surface area contributed by atoms with Crippen molar-refractivity contribution in [1.29, 1.82) is 0 Å². The first-order valence-corrected chi connectivity index (χ1v) is 14.4. The molecule has 0 radical (unpaired) electrons. The van der Waals surface area contributed by atoms with Crippen molar-refractivity contribution in [2.24, 2.45) is 0 Å². The number of carbonyl (C=O) groups is 2. The topological polar surface area (TPSA) is 83.5 Å². The summed E-state index contributed by atoms with van der Waals surface area (Å²) < 4.78 is 32.2. The molecule has 3 heterocycles. The van der Waals surface area contributed by atoms with E-state index in [0.29, 0.717) is 11.1 Å². The molecule has 3 aliphatic heterocycles. The minimum absolute atomic E-state index is 0.211. The van der Waals surface area contributed by atoms with Gasteiger partial charge < -0.3 is 23.7 Å². The number of fused-ring (bicyclic) bond motifs is 2. The van der Waals surface area contributed by atoms with Crippen LogP contribution in [0.25, 0.3) is 0 Å². The zero-order valence-electron chi connectivity index (χ0n) is 23.4. The largest absolute Gasteiger partial charge is 0.368 e. The van der Waals surface area contributed by atoms with E-state index in [9.17, 15) is 9.59 Å². The van der Waals surface area contributed by atoms with Crippen LogP contribution in [0.15, 0.2) is 115 Å². The Balaban J connectivity index is 1.26.